The lowest BCUT2D eigenvalue weighted by Crippen LogP contribution is -2.54. The van der Waals surface area contributed by atoms with Crippen molar-refractivity contribution in [1.29, 1.82) is 0 Å². The summed E-state index contributed by atoms with van der Waals surface area (Å²) in [5, 5.41) is 29.0. The molecule has 0 unspecified atom stereocenters. The molecule has 4 atom stereocenters. The molecular formula is C19H22O6. The predicted octanol–water partition coefficient (Wildman–Crippen LogP) is 1.10. The Morgan fingerprint density at radius 1 is 0.880 bits per heavy atom. The van der Waals surface area contributed by atoms with Crippen LogP contribution < -0.4 is 9.47 Å². The summed E-state index contributed by atoms with van der Waals surface area (Å²) in [6.45, 7) is -0.0849. The molecule has 1 saturated heterocycles. The molecule has 0 bridgehead atoms. The maximum absolute atomic E-state index is 9.89. The first-order chi connectivity index (χ1) is 12.1. The Kier molecular flexibility index (Phi) is 5.55. The minimum atomic E-state index is -1.30. The number of aliphatic hydroxyl groups excluding tert-OH is 3. The van der Waals surface area contributed by atoms with Gasteiger partial charge in [0.05, 0.1) is 13.7 Å². The Hall–Kier alpha value is -2.12. The first-order valence-electron chi connectivity index (χ1n) is 8.11. The highest BCUT2D eigenvalue weighted by Gasteiger charge is 2.38. The van der Waals surface area contributed by atoms with Gasteiger partial charge in [0.15, 0.2) is 0 Å². The van der Waals surface area contributed by atoms with E-state index >= 15 is 0 Å². The number of ether oxygens (including phenoxy) is 3. The van der Waals surface area contributed by atoms with Crippen molar-refractivity contribution < 1.29 is 29.5 Å². The molecule has 0 aromatic heterocycles. The normalized spacial score (nSPS) is 26.2. The zero-order valence-corrected chi connectivity index (χ0v) is 13.9. The van der Waals surface area contributed by atoms with E-state index in [-0.39, 0.29) is 6.61 Å². The van der Waals surface area contributed by atoms with E-state index in [0.717, 1.165) is 23.3 Å². The third-order valence-corrected chi connectivity index (χ3v) is 4.20. The van der Waals surface area contributed by atoms with Gasteiger partial charge in [-0.1, -0.05) is 24.3 Å². The van der Waals surface area contributed by atoms with Gasteiger partial charge in [0, 0.05) is 0 Å². The van der Waals surface area contributed by atoms with E-state index in [9.17, 15) is 15.3 Å². The Labute approximate surface area is 146 Å². The second kappa shape index (κ2) is 7.84. The van der Waals surface area contributed by atoms with Crippen molar-refractivity contribution in [2.45, 2.75) is 31.0 Å². The van der Waals surface area contributed by atoms with Crippen LogP contribution in [0.15, 0.2) is 48.5 Å². The van der Waals surface area contributed by atoms with Crippen molar-refractivity contribution in [1.82, 2.24) is 0 Å². The lowest BCUT2D eigenvalue weighted by molar-refractivity contribution is -0.242. The topological polar surface area (TPSA) is 88.4 Å². The van der Waals surface area contributed by atoms with Crippen LogP contribution in [0.4, 0.5) is 0 Å². The lowest BCUT2D eigenvalue weighted by atomic mass is 10.0. The van der Waals surface area contributed by atoms with Gasteiger partial charge in [0.25, 0.3) is 0 Å². The van der Waals surface area contributed by atoms with E-state index in [1.165, 1.54) is 0 Å². The number of rotatable bonds is 5. The van der Waals surface area contributed by atoms with Gasteiger partial charge in [-0.15, -0.1) is 0 Å². The summed E-state index contributed by atoms with van der Waals surface area (Å²) in [6, 6.07) is 15.3. The molecule has 3 N–H and O–H groups in total. The molecule has 0 spiro atoms. The van der Waals surface area contributed by atoms with Crippen LogP contribution in [0.25, 0.3) is 0 Å². The number of methoxy groups -OCH3 is 1. The Morgan fingerprint density at radius 3 is 2.00 bits per heavy atom. The molecule has 1 fully saturated rings. The third kappa shape index (κ3) is 4.29. The van der Waals surface area contributed by atoms with Gasteiger partial charge >= 0.3 is 0 Å². The van der Waals surface area contributed by atoms with Gasteiger partial charge in [-0.05, 0) is 41.8 Å². The number of aliphatic hydroxyl groups is 3. The largest absolute Gasteiger partial charge is 0.497 e. The highest BCUT2D eigenvalue weighted by Crippen LogP contribution is 2.22. The molecule has 0 aliphatic carbocycles. The fourth-order valence-corrected chi connectivity index (χ4v) is 2.68. The minimum Gasteiger partial charge on any atom is -0.497 e. The summed E-state index contributed by atoms with van der Waals surface area (Å²) < 4.78 is 15.9. The highest BCUT2D eigenvalue weighted by atomic mass is 16.7. The maximum Gasteiger partial charge on any atom is 0.228 e. The smallest absolute Gasteiger partial charge is 0.228 e. The molecule has 3 rings (SSSR count). The maximum atomic E-state index is 9.89. The quantitative estimate of drug-likeness (QED) is 0.752. The van der Waals surface area contributed by atoms with Crippen molar-refractivity contribution in [2.75, 3.05) is 13.7 Å². The number of hydrogen-bond acceptors (Lipinski definition) is 6. The summed E-state index contributed by atoms with van der Waals surface area (Å²) in [5.41, 5.74) is 2.27. The Morgan fingerprint density at radius 2 is 1.44 bits per heavy atom. The molecule has 0 amide bonds. The van der Waals surface area contributed by atoms with E-state index in [0.29, 0.717) is 5.75 Å². The molecule has 25 heavy (non-hydrogen) atoms. The molecule has 2 aromatic carbocycles. The monoisotopic (exact) mass is 346 g/mol. The van der Waals surface area contributed by atoms with Crippen molar-refractivity contribution in [2.24, 2.45) is 0 Å². The van der Waals surface area contributed by atoms with Crippen LogP contribution in [-0.2, 0) is 11.2 Å². The summed E-state index contributed by atoms with van der Waals surface area (Å²) in [4.78, 5) is 0. The predicted molar refractivity (Wildman–Crippen MR) is 90.6 cm³/mol. The number of benzene rings is 2. The fourth-order valence-electron chi connectivity index (χ4n) is 2.68. The van der Waals surface area contributed by atoms with Gasteiger partial charge in [-0.3, -0.25) is 0 Å². The van der Waals surface area contributed by atoms with Gasteiger partial charge in [-0.25, -0.2) is 0 Å². The second-order valence-electron chi connectivity index (χ2n) is 6.04. The Balaban J connectivity index is 1.60. The van der Waals surface area contributed by atoms with Gasteiger partial charge in [0.2, 0.25) is 6.29 Å². The average molecular weight is 346 g/mol. The van der Waals surface area contributed by atoms with Crippen LogP contribution in [0.2, 0.25) is 0 Å². The van der Waals surface area contributed by atoms with E-state index in [2.05, 4.69) is 0 Å². The van der Waals surface area contributed by atoms with Crippen LogP contribution in [0, 0.1) is 0 Å². The van der Waals surface area contributed by atoms with E-state index in [4.69, 9.17) is 14.2 Å². The molecule has 6 heteroatoms. The first-order valence-corrected chi connectivity index (χ1v) is 8.11. The van der Waals surface area contributed by atoms with Crippen LogP contribution >= 0.6 is 0 Å². The highest BCUT2D eigenvalue weighted by molar-refractivity contribution is 5.34. The fraction of sp³-hybridized carbons (Fsp3) is 0.368. The van der Waals surface area contributed by atoms with Crippen molar-refractivity contribution in [3.8, 4) is 11.5 Å². The van der Waals surface area contributed by atoms with Gasteiger partial charge < -0.3 is 29.5 Å². The van der Waals surface area contributed by atoms with E-state index in [1.807, 2.05) is 36.4 Å². The summed E-state index contributed by atoms with van der Waals surface area (Å²) in [6.07, 6.45) is -3.93. The van der Waals surface area contributed by atoms with Crippen LogP contribution in [-0.4, -0.2) is 53.6 Å². The summed E-state index contributed by atoms with van der Waals surface area (Å²) in [7, 11) is 1.64. The first kappa shape index (κ1) is 17.7. The van der Waals surface area contributed by atoms with Gasteiger partial charge in [0.1, 0.15) is 29.8 Å². The molecule has 0 radical (unpaired) electrons. The van der Waals surface area contributed by atoms with Crippen LogP contribution in [0.5, 0.6) is 11.5 Å². The van der Waals surface area contributed by atoms with E-state index < -0.39 is 24.6 Å². The Bertz CT molecular complexity index is 669. The number of hydrogen-bond donors (Lipinski definition) is 3. The average Bonchev–Trinajstić information content (AvgIpc) is 2.64. The van der Waals surface area contributed by atoms with Crippen molar-refractivity contribution in [3.05, 3.63) is 59.7 Å². The van der Waals surface area contributed by atoms with Crippen LogP contribution in [0.1, 0.15) is 11.1 Å². The van der Waals surface area contributed by atoms with Crippen molar-refractivity contribution in [3.63, 3.8) is 0 Å². The van der Waals surface area contributed by atoms with Gasteiger partial charge in [-0.2, -0.15) is 0 Å². The molecule has 2 aromatic rings. The summed E-state index contributed by atoms with van der Waals surface area (Å²) in [5.74, 6) is 1.34. The zero-order chi connectivity index (χ0) is 17.8. The molecule has 6 nitrogen and oxygen atoms in total. The second-order valence-corrected chi connectivity index (χ2v) is 6.04. The summed E-state index contributed by atoms with van der Waals surface area (Å²) >= 11 is 0. The van der Waals surface area contributed by atoms with E-state index in [1.54, 1.807) is 19.2 Å². The molecule has 1 aliphatic rings. The minimum absolute atomic E-state index is 0.0849. The molecular weight excluding hydrogens is 324 g/mol. The zero-order valence-electron chi connectivity index (χ0n) is 13.9. The molecule has 0 saturated carbocycles. The van der Waals surface area contributed by atoms with Crippen LogP contribution in [0.3, 0.4) is 0 Å². The standard InChI is InChI=1S/C19H22O6/c1-23-14-6-2-12(3-7-14)10-13-4-8-15(9-5-13)25-19-18(22)17(21)16(20)11-24-19/h2-9,16-22H,10-11H2,1H3/t16-,17+,18-,19-/m1/s1. The lowest BCUT2D eigenvalue weighted by Gasteiger charge is -2.34. The molecule has 134 valence electrons. The third-order valence-electron chi connectivity index (χ3n) is 4.20. The van der Waals surface area contributed by atoms with Crippen molar-refractivity contribution >= 4 is 0 Å². The molecule has 1 heterocycles. The SMILES string of the molecule is COc1ccc(Cc2ccc(O[C@H]3OC[C@@H](O)[C@H](O)[C@H]3O)cc2)cc1. The molecule has 1 aliphatic heterocycles.